The molecule has 0 aromatic rings. The maximum Gasteiger partial charge on any atom is 0.242 e. The van der Waals surface area contributed by atoms with Crippen LogP contribution in [0.4, 0.5) is 0 Å². The minimum absolute atomic E-state index is 0.208. The molecule has 1 aliphatic carbocycles. The molecular formula is C21H39N3OS. The molecule has 2 rings (SSSR count). The summed E-state index contributed by atoms with van der Waals surface area (Å²) in [6.45, 7) is 10.0. The molecule has 0 aromatic heterocycles. The van der Waals surface area contributed by atoms with Crippen molar-refractivity contribution in [3.8, 4) is 0 Å². The maximum atomic E-state index is 12.8. The van der Waals surface area contributed by atoms with Crippen LogP contribution in [0.2, 0.25) is 0 Å². The topological polar surface area (TPSA) is 44.7 Å². The van der Waals surface area contributed by atoms with Crippen molar-refractivity contribution >= 4 is 22.8 Å². The lowest BCUT2D eigenvalue weighted by Crippen LogP contribution is -2.37. The van der Waals surface area contributed by atoms with Crippen molar-refractivity contribution in [2.75, 3.05) is 19.6 Å². The number of unbranched alkanes of at least 4 members (excludes halogenated alkanes) is 1. The number of hydrogen-bond donors (Lipinski definition) is 1. The number of nitrogens with one attached hydrogen (secondary N) is 1. The molecule has 1 atom stereocenters. The van der Waals surface area contributed by atoms with Crippen molar-refractivity contribution in [1.29, 1.82) is 0 Å². The molecule has 2 fully saturated rings. The van der Waals surface area contributed by atoms with E-state index in [2.05, 4.69) is 31.0 Å². The zero-order valence-electron chi connectivity index (χ0n) is 17.2. The first-order valence-electron chi connectivity index (χ1n) is 10.9. The van der Waals surface area contributed by atoms with Crippen molar-refractivity contribution in [2.24, 2.45) is 4.99 Å². The first kappa shape index (κ1) is 21.7. The fraction of sp³-hybridized carbons (Fsp3) is 0.905. The van der Waals surface area contributed by atoms with Gasteiger partial charge >= 0.3 is 0 Å². The van der Waals surface area contributed by atoms with Crippen LogP contribution in [0, 0.1) is 0 Å². The Bertz CT molecular complexity index is 456. The van der Waals surface area contributed by atoms with E-state index in [9.17, 15) is 4.79 Å². The van der Waals surface area contributed by atoms with Crippen molar-refractivity contribution in [2.45, 2.75) is 102 Å². The molecule has 1 N–H and O–H groups in total. The number of carbonyl (C=O) groups excluding carboxylic acids is 1. The fourth-order valence-corrected chi connectivity index (χ4v) is 5.64. The van der Waals surface area contributed by atoms with Gasteiger partial charge in [0.15, 0.2) is 5.17 Å². The first-order valence-corrected chi connectivity index (χ1v) is 11.8. The van der Waals surface area contributed by atoms with E-state index < -0.39 is 0 Å². The molecule has 1 saturated heterocycles. The summed E-state index contributed by atoms with van der Waals surface area (Å²) in [6, 6.07) is 0.417. The van der Waals surface area contributed by atoms with Crippen molar-refractivity contribution < 1.29 is 4.79 Å². The van der Waals surface area contributed by atoms with Crippen LogP contribution in [0.25, 0.3) is 0 Å². The molecule has 1 aliphatic heterocycles. The zero-order chi connectivity index (χ0) is 18.8. The van der Waals surface area contributed by atoms with Gasteiger partial charge in [0.2, 0.25) is 5.91 Å². The van der Waals surface area contributed by atoms with Crippen LogP contribution < -0.4 is 5.32 Å². The second-order valence-corrected chi connectivity index (χ2v) is 9.24. The predicted octanol–water partition coefficient (Wildman–Crippen LogP) is 4.98. The van der Waals surface area contributed by atoms with Gasteiger partial charge in [0, 0.05) is 0 Å². The third kappa shape index (κ3) is 6.26. The van der Waals surface area contributed by atoms with Gasteiger partial charge in [0.25, 0.3) is 0 Å². The smallest absolute Gasteiger partial charge is 0.242 e. The van der Waals surface area contributed by atoms with Crippen LogP contribution in [0.15, 0.2) is 4.99 Å². The molecule has 1 heterocycles. The summed E-state index contributed by atoms with van der Waals surface area (Å²) in [6.07, 6.45) is 12.9. The highest BCUT2D eigenvalue weighted by molar-refractivity contribution is 8.16. The van der Waals surface area contributed by atoms with E-state index in [1.165, 1.54) is 44.9 Å². The molecule has 1 saturated carbocycles. The van der Waals surface area contributed by atoms with Gasteiger partial charge in [-0.1, -0.05) is 71.1 Å². The second-order valence-electron chi connectivity index (χ2n) is 7.86. The number of amides is 1. The number of carbonyl (C=O) groups is 1. The molecule has 0 bridgehead atoms. The Kier molecular flexibility index (Phi) is 9.48. The molecule has 150 valence electrons. The number of aliphatic imine (C=N–C) groups is 1. The van der Waals surface area contributed by atoms with Gasteiger partial charge in [0.1, 0.15) is 4.75 Å². The van der Waals surface area contributed by atoms with Crippen LogP contribution in [0.5, 0.6) is 0 Å². The molecule has 0 radical (unpaired) electrons. The molecule has 1 amide bonds. The summed E-state index contributed by atoms with van der Waals surface area (Å²) in [5.41, 5.74) is 0. The number of hydrogen-bond acceptors (Lipinski definition) is 4. The lowest BCUT2D eigenvalue weighted by Gasteiger charge is -2.25. The summed E-state index contributed by atoms with van der Waals surface area (Å²) < 4.78 is -0.276. The van der Waals surface area contributed by atoms with Gasteiger partial charge in [-0.25, -0.2) is 0 Å². The highest BCUT2D eigenvalue weighted by Crippen LogP contribution is 2.41. The SMILES string of the molecule is CCCC1(CCCCN(CC)CC)SC(=NC2CCCCCC2)NC1=O. The Hall–Kier alpha value is -0.550. The van der Waals surface area contributed by atoms with Crippen molar-refractivity contribution in [3.63, 3.8) is 0 Å². The number of rotatable bonds is 10. The van der Waals surface area contributed by atoms with E-state index in [4.69, 9.17) is 4.99 Å². The van der Waals surface area contributed by atoms with E-state index in [0.29, 0.717) is 6.04 Å². The molecule has 26 heavy (non-hydrogen) atoms. The summed E-state index contributed by atoms with van der Waals surface area (Å²) in [7, 11) is 0. The van der Waals surface area contributed by atoms with Gasteiger partial charge < -0.3 is 10.2 Å². The Morgan fingerprint density at radius 2 is 1.77 bits per heavy atom. The third-order valence-electron chi connectivity index (χ3n) is 5.90. The maximum absolute atomic E-state index is 12.8. The van der Waals surface area contributed by atoms with Gasteiger partial charge in [0.05, 0.1) is 6.04 Å². The molecule has 4 nitrogen and oxygen atoms in total. The first-order chi connectivity index (χ1) is 12.6. The second kappa shape index (κ2) is 11.3. The van der Waals surface area contributed by atoms with Gasteiger partial charge in [-0.05, 0) is 51.7 Å². The number of thioether (sulfide) groups is 1. The van der Waals surface area contributed by atoms with Crippen LogP contribution in [-0.4, -0.2) is 46.4 Å². The minimum Gasteiger partial charge on any atom is -0.304 e. The highest BCUT2D eigenvalue weighted by Gasteiger charge is 2.45. The molecular weight excluding hydrogens is 342 g/mol. The fourth-order valence-electron chi connectivity index (χ4n) is 4.22. The van der Waals surface area contributed by atoms with E-state index in [1.807, 2.05) is 0 Å². The lowest BCUT2D eigenvalue weighted by molar-refractivity contribution is -0.122. The monoisotopic (exact) mass is 381 g/mol. The molecule has 0 spiro atoms. The van der Waals surface area contributed by atoms with Crippen LogP contribution in [0.1, 0.15) is 91.4 Å². The van der Waals surface area contributed by atoms with Crippen LogP contribution in [0.3, 0.4) is 0 Å². The largest absolute Gasteiger partial charge is 0.304 e. The third-order valence-corrected chi connectivity index (χ3v) is 7.29. The minimum atomic E-state index is -0.276. The molecule has 2 aliphatic rings. The average Bonchev–Trinajstić information content (AvgIpc) is 2.80. The number of nitrogens with zero attached hydrogens (tertiary/aromatic N) is 2. The van der Waals surface area contributed by atoms with Gasteiger partial charge in [-0.2, -0.15) is 0 Å². The van der Waals surface area contributed by atoms with E-state index in [0.717, 1.165) is 50.5 Å². The molecule has 1 unspecified atom stereocenters. The average molecular weight is 382 g/mol. The molecule has 5 heteroatoms. The normalized spacial score (nSPS) is 26.5. The Labute approximate surface area is 165 Å². The molecule has 0 aromatic carbocycles. The summed E-state index contributed by atoms with van der Waals surface area (Å²) in [5.74, 6) is 0.208. The van der Waals surface area contributed by atoms with Crippen LogP contribution >= 0.6 is 11.8 Å². The van der Waals surface area contributed by atoms with Gasteiger partial charge in [-0.15, -0.1) is 0 Å². The van der Waals surface area contributed by atoms with E-state index in [1.54, 1.807) is 11.8 Å². The summed E-state index contributed by atoms with van der Waals surface area (Å²) in [5, 5.41) is 4.03. The summed E-state index contributed by atoms with van der Waals surface area (Å²) >= 11 is 1.74. The standard InChI is InChI=1S/C21H39N3OS/c1-4-15-21(16-11-12-17-24(5-2)6-3)19(25)23-20(26-21)22-18-13-9-7-8-10-14-18/h18H,4-17H2,1-3H3,(H,22,23,25). The highest BCUT2D eigenvalue weighted by atomic mass is 32.2. The quantitative estimate of drug-likeness (QED) is 0.429. The lowest BCUT2D eigenvalue weighted by atomic mass is 9.95. The van der Waals surface area contributed by atoms with Gasteiger partial charge in [-0.3, -0.25) is 9.79 Å². The van der Waals surface area contributed by atoms with E-state index >= 15 is 0 Å². The predicted molar refractivity (Wildman–Crippen MR) is 114 cm³/mol. The number of amidine groups is 1. The Balaban J connectivity index is 1.92. The van der Waals surface area contributed by atoms with Crippen LogP contribution in [-0.2, 0) is 4.79 Å². The zero-order valence-corrected chi connectivity index (χ0v) is 18.0. The van der Waals surface area contributed by atoms with Crippen molar-refractivity contribution in [3.05, 3.63) is 0 Å². The summed E-state index contributed by atoms with van der Waals surface area (Å²) in [4.78, 5) is 20.2. The Morgan fingerprint density at radius 3 is 2.38 bits per heavy atom. The van der Waals surface area contributed by atoms with Crippen molar-refractivity contribution in [1.82, 2.24) is 10.2 Å². The van der Waals surface area contributed by atoms with E-state index in [-0.39, 0.29) is 10.7 Å². The Morgan fingerprint density at radius 1 is 1.08 bits per heavy atom.